The molecule has 1 aliphatic carbocycles. The molecule has 1 saturated carbocycles. The summed E-state index contributed by atoms with van der Waals surface area (Å²) in [4.78, 5) is 71.9. The SMILES string of the molecule is Cc1cc(C#CC2CCCCC2)ccc1C(=O)C[C@@H](CCN)C(=O)N(C)[C@@H]1C(=O)C[C@@H](C)C(=O)N[C@H](C(=O)CCC#N)Cc2ccc(OCCN)c(c2)-c2cc1ccc2OCCN. The fourth-order valence-corrected chi connectivity index (χ4v) is 8.46. The van der Waals surface area contributed by atoms with E-state index in [0.717, 1.165) is 24.0 Å². The molecule has 2 aliphatic rings. The second-order valence-electron chi connectivity index (χ2n) is 16.7. The number of benzene rings is 3. The number of nitriles is 1. The van der Waals surface area contributed by atoms with Crippen molar-refractivity contribution in [3.05, 3.63) is 82.4 Å². The summed E-state index contributed by atoms with van der Waals surface area (Å²) in [5.41, 5.74) is 22.1. The Labute approximate surface area is 371 Å². The molecule has 13 nitrogen and oxygen atoms in total. The number of Topliss-reactive ketones (excluding diaryl/α,β-unsaturated/α-hetero) is 3. The maximum Gasteiger partial charge on any atom is 0.226 e. The van der Waals surface area contributed by atoms with E-state index in [4.69, 9.17) is 26.7 Å². The molecule has 3 aromatic rings. The van der Waals surface area contributed by atoms with Crippen molar-refractivity contribution in [1.82, 2.24) is 10.2 Å². The molecule has 63 heavy (non-hydrogen) atoms. The summed E-state index contributed by atoms with van der Waals surface area (Å²) in [6.45, 7) is 4.39. The van der Waals surface area contributed by atoms with Crippen molar-refractivity contribution >= 4 is 29.2 Å². The first-order valence-corrected chi connectivity index (χ1v) is 22.2. The minimum atomic E-state index is -1.21. The summed E-state index contributed by atoms with van der Waals surface area (Å²) in [7, 11) is 1.52. The molecular weight excluding hydrogens is 797 g/mol. The summed E-state index contributed by atoms with van der Waals surface area (Å²) in [5.74, 6) is 4.23. The number of carbonyl (C=O) groups excluding carboxylic acids is 5. The summed E-state index contributed by atoms with van der Waals surface area (Å²) < 4.78 is 12.2. The Morgan fingerprint density at radius 1 is 0.889 bits per heavy atom. The Bertz CT molecular complexity index is 2230. The molecule has 7 N–H and O–H groups in total. The molecule has 334 valence electrons. The molecule has 0 spiro atoms. The van der Waals surface area contributed by atoms with Crippen molar-refractivity contribution in [1.29, 1.82) is 5.26 Å². The molecule has 4 atom stereocenters. The molecule has 4 bridgehead atoms. The highest BCUT2D eigenvalue weighted by molar-refractivity contribution is 6.01. The van der Waals surface area contributed by atoms with Crippen LogP contribution < -0.4 is 32.0 Å². The van der Waals surface area contributed by atoms with Crippen molar-refractivity contribution in [3.63, 3.8) is 0 Å². The van der Waals surface area contributed by atoms with Crippen molar-refractivity contribution < 1.29 is 33.4 Å². The number of fused-ring (bicyclic) bond motifs is 5. The average molecular weight is 859 g/mol. The van der Waals surface area contributed by atoms with Crippen LogP contribution >= 0.6 is 0 Å². The molecule has 13 heteroatoms. The van der Waals surface area contributed by atoms with Gasteiger partial charge in [0.15, 0.2) is 17.3 Å². The highest BCUT2D eigenvalue weighted by atomic mass is 16.5. The molecule has 0 unspecified atom stereocenters. The predicted molar refractivity (Wildman–Crippen MR) is 242 cm³/mol. The van der Waals surface area contributed by atoms with Gasteiger partial charge in [0.05, 0.1) is 12.1 Å². The summed E-state index contributed by atoms with van der Waals surface area (Å²) in [6.07, 6.45) is 5.65. The van der Waals surface area contributed by atoms with Gasteiger partial charge in [-0.2, -0.15) is 5.26 Å². The van der Waals surface area contributed by atoms with E-state index in [2.05, 4.69) is 17.2 Å². The van der Waals surface area contributed by atoms with Gasteiger partial charge in [0, 0.05) is 85.8 Å². The zero-order valence-electron chi connectivity index (χ0n) is 36.9. The van der Waals surface area contributed by atoms with E-state index < -0.39 is 41.5 Å². The van der Waals surface area contributed by atoms with Gasteiger partial charge in [-0.25, -0.2) is 0 Å². The van der Waals surface area contributed by atoms with E-state index in [1.165, 1.54) is 31.2 Å². The van der Waals surface area contributed by atoms with Crippen LogP contribution in [0.3, 0.4) is 0 Å². The first-order chi connectivity index (χ1) is 30.4. The van der Waals surface area contributed by atoms with Gasteiger partial charge in [0.1, 0.15) is 30.8 Å². The highest BCUT2D eigenvalue weighted by Crippen LogP contribution is 2.41. The normalized spacial score (nSPS) is 18.4. The Morgan fingerprint density at radius 2 is 1.57 bits per heavy atom. The molecule has 1 heterocycles. The molecule has 0 saturated heterocycles. The zero-order chi connectivity index (χ0) is 45.5. The van der Waals surface area contributed by atoms with Gasteiger partial charge in [-0.3, -0.25) is 24.0 Å². The quantitative estimate of drug-likeness (QED) is 0.104. The first kappa shape index (κ1) is 48.2. The van der Waals surface area contributed by atoms with Crippen molar-refractivity contribution in [2.24, 2.45) is 35.0 Å². The van der Waals surface area contributed by atoms with Crippen LogP contribution in [0.4, 0.5) is 0 Å². The van der Waals surface area contributed by atoms with Gasteiger partial charge >= 0.3 is 0 Å². The third-order valence-electron chi connectivity index (χ3n) is 11.9. The molecule has 3 aromatic carbocycles. The van der Waals surface area contributed by atoms with E-state index in [1.54, 1.807) is 43.3 Å². The maximum absolute atomic E-state index is 14.7. The minimum Gasteiger partial charge on any atom is -0.492 e. The standard InChI is InChI=1S/C50H62N6O7/c1-32-26-35(12-11-34-8-5-4-6-9-34)13-16-39(32)44(58)31-38(19-21-52)50(61)56(3)48-37-15-18-47(63-25-23-54)41(30-37)40-28-36(14-17-46(40)62-24-22-53)29-42(43(57)10-7-20-51)55-49(60)33(2)27-45(48)59/h13-18,26,28,30,33-34,38,42,48H,4-10,19,21-25,27,29,31,52-54H2,1-3H3,(H,55,60)/t33-,38-,42+,48+/m1/s1. The van der Waals surface area contributed by atoms with Crippen LogP contribution in [0.5, 0.6) is 11.5 Å². The van der Waals surface area contributed by atoms with E-state index in [1.807, 2.05) is 31.2 Å². The van der Waals surface area contributed by atoms with Crippen LogP contribution in [0.2, 0.25) is 0 Å². The van der Waals surface area contributed by atoms with E-state index in [-0.39, 0.29) is 82.9 Å². The molecule has 5 rings (SSSR count). The second kappa shape index (κ2) is 23.5. The molecule has 0 radical (unpaired) electrons. The number of nitrogens with two attached hydrogens (primary N) is 3. The van der Waals surface area contributed by atoms with E-state index in [9.17, 15) is 29.2 Å². The third-order valence-corrected chi connectivity index (χ3v) is 11.9. The number of ether oxygens (including phenoxy) is 2. The zero-order valence-corrected chi connectivity index (χ0v) is 36.9. The van der Waals surface area contributed by atoms with Gasteiger partial charge in [-0.05, 0) is 98.3 Å². The minimum absolute atomic E-state index is 0.0226. The monoisotopic (exact) mass is 858 g/mol. The van der Waals surface area contributed by atoms with Crippen LogP contribution in [0.1, 0.15) is 110 Å². The average Bonchev–Trinajstić information content (AvgIpc) is 3.28. The number of rotatable bonds is 16. The largest absolute Gasteiger partial charge is 0.492 e. The number of carbonyl (C=O) groups is 5. The van der Waals surface area contributed by atoms with Crippen LogP contribution in [-0.4, -0.2) is 80.0 Å². The number of hydrogen-bond acceptors (Lipinski definition) is 11. The first-order valence-electron chi connectivity index (χ1n) is 22.2. The number of likely N-dealkylation sites (N-methyl/N-ethyl adjacent to an activating group) is 1. The van der Waals surface area contributed by atoms with Crippen molar-refractivity contribution in [3.8, 4) is 40.5 Å². The van der Waals surface area contributed by atoms with Crippen LogP contribution in [0.25, 0.3) is 11.1 Å². The Hall–Kier alpha value is -5.86. The number of aryl methyl sites for hydroxylation is 1. The summed E-state index contributed by atoms with van der Waals surface area (Å²) >= 11 is 0. The smallest absolute Gasteiger partial charge is 0.226 e. The molecule has 2 amide bonds. The van der Waals surface area contributed by atoms with Gasteiger partial charge in [0.25, 0.3) is 0 Å². The van der Waals surface area contributed by atoms with Gasteiger partial charge < -0.3 is 36.9 Å². The van der Waals surface area contributed by atoms with Gasteiger partial charge in [0.2, 0.25) is 11.8 Å². The lowest BCUT2D eigenvalue weighted by molar-refractivity contribution is -0.142. The van der Waals surface area contributed by atoms with E-state index >= 15 is 0 Å². The van der Waals surface area contributed by atoms with Gasteiger partial charge in [-0.15, -0.1) is 0 Å². The molecule has 1 aliphatic heterocycles. The topological polar surface area (TPSA) is 221 Å². The third kappa shape index (κ3) is 12.9. The predicted octanol–water partition coefficient (Wildman–Crippen LogP) is 5.52. The highest BCUT2D eigenvalue weighted by Gasteiger charge is 2.36. The van der Waals surface area contributed by atoms with Crippen LogP contribution in [0, 0.1) is 47.8 Å². The number of hydrogen-bond donors (Lipinski definition) is 4. The molecular formula is C50H62N6O7. The Balaban J connectivity index is 1.55. The number of ketones is 3. The Morgan fingerprint density at radius 3 is 2.22 bits per heavy atom. The lowest BCUT2D eigenvalue weighted by Gasteiger charge is -2.32. The fraction of sp³-hybridized carbons (Fsp3) is 0.480. The van der Waals surface area contributed by atoms with Crippen LogP contribution in [-0.2, 0) is 25.6 Å². The van der Waals surface area contributed by atoms with Crippen molar-refractivity contribution in [2.75, 3.05) is 39.9 Å². The van der Waals surface area contributed by atoms with E-state index in [0.29, 0.717) is 45.2 Å². The fourth-order valence-electron chi connectivity index (χ4n) is 8.46. The Kier molecular flexibility index (Phi) is 18.0. The van der Waals surface area contributed by atoms with Crippen LogP contribution in [0.15, 0.2) is 54.6 Å². The van der Waals surface area contributed by atoms with Crippen molar-refractivity contribution in [2.45, 2.75) is 96.6 Å². The lowest BCUT2D eigenvalue weighted by atomic mass is 9.87. The molecule has 0 aromatic heterocycles. The number of nitrogens with zero attached hydrogens (tertiary/aromatic N) is 2. The molecule has 1 fully saturated rings. The maximum atomic E-state index is 14.7. The van der Waals surface area contributed by atoms with Gasteiger partial charge in [-0.1, -0.05) is 50.2 Å². The lowest BCUT2D eigenvalue weighted by Crippen LogP contribution is -2.46. The summed E-state index contributed by atoms with van der Waals surface area (Å²) in [6, 6.07) is 15.9. The number of nitrogens with one attached hydrogen (secondary N) is 1. The summed E-state index contributed by atoms with van der Waals surface area (Å²) in [5, 5.41) is 12.1. The number of amides is 2. The second-order valence-corrected chi connectivity index (χ2v) is 16.7.